The molecule has 1 aromatic heterocycles. The lowest BCUT2D eigenvalue weighted by atomic mass is 10.1. The van der Waals surface area contributed by atoms with Gasteiger partial charge in [0.1, 0.15) is 30.5 Å². The second kappa shape index (κ2) is 9.74. The molecule has 3 aromatic carbocycles. The number of amides is 2. The van der Waals surface area contributed by atoms with E-state index in [0.29, 0.717) is 17.1 Å². The minimum atomic E-state index is -0.415. The van der Waals surface area contributed by atoms with Crippen LogP contribution in [-0.4, -0.2) is 21.4 Å². The normalized spacial score (nSPS) is 10.7. The van der Waals surface area contributed by atoms with Crippen LogP contribution in [0.25, 0.3) is 11.0 Å². The number of para-hydroxylation sites is 3. The van der Waals surface area contributed by atoms with E-state index >= 15 is 0 Å². The summed E-state index contributed by atoms with van der Waals surface area (Å²) < 4.78 is 20.5. The third-order valence-corrected chi connectivity index (χ3v) is 4.77. The fraction of sp³-hybridized carbons (Fsp3) is 0.125. The minimum Gasteiger partial charge on any atom is -0.486 e. The van der Waals surface area contributed by atoms with Gasteiger partial charge in [-0.05, 0) is 42.0 Å². The number of carbonyl (C=O) groups excluding carboxylic acids is 2. The molecule has 0 fully saturated rings. The van der Waals surface area contributed by atoms with E-state index in [9.17, 15) is 14.0 Å². The fourth-order valence-electron chi connectivity index (χ4n) is 3.23. The predicted octanol–water partition coefficient (Wildman–Crippen LogP) is 3.14. The van der Waals surface area contributed by atoms with Crippen LogP contribution in [0.1, 0.15) is 11.4 Å². The number of halogens is 1. The summed E-state index contributed by atoms with van der Waals surface area (Å²) in [6.45, 7) is 0.133. The molecule has 0 aliphatic heterocycles. The highest BCUT2D eigenvalue weighted by Crippen LogP contribution is 2.18. The minimum absolute atomic E-state index is 0.0186. The summed E-state index contributed by atoms with van der Waals surface area (Å²) in [5, 5.41) is 0. The maximum Gasteiger partial charge on any atom is 0.258 e. The number of aromatic nitrogens is 2. The Kier molecular flexibility index (Phi) is 6.41. The molecular weight excluding hydrogens is 411 g/mol. The van der Waals surface area contributed by atoms with E-state index in [0.717, 1.165) is 11.0 Å². The standard InChI is InChI=1S/C24H21FN4O3/c25-18-12-10-17(11-13-18)14-23(30)27-28-24(31)15-29-21-9-5-4-8-20(21)26-22(29)16-32-19-6-2-1-3-7-19/h1-13H,14-16H2,(H,27,30)(H,28,31). The van der Waals surface area contributed by atoms with E-state index in [1.165, 1.54) is 24.3 Å². The molecule has 0 bridgehead atoms. The van der Waals surface area contributed by atoms with Crippen molar-refractivity contribution in [1.29, 1.82) is 0 Å². The van der Waals surface area contributed by atoms with E-state index < -0.39 is 11.8 Å². The van der Waals surface area contributed by atoms with Crippen molar-refractivity contribution in [1.82, 2.24) is 20.4 Å². The van der Waals surface area contributed by atoms with Crippen molar-refractivity contribution in [2.75, 3.05) is 0 Å². The van der Waals surface area contributed by atoms with Gasteiger partial charge in [0.2, 0.25) is 5.91 Å². The molecule has 4 rings (SSSR count). The molecule has 162 valence electrons. The van der Waals surface area contributed by atoms with Crippen LogP contribution >= 0.6 is 0 Å². The Balaban J connectivity index is 1.40. The average molecular weight is 432 g/mol. The molecule has 0 spiro atoms. The monoisotopic (exact) mass is 432 g/mol. The van der Waals surface area contributed by atoms with Crippen LogP contribution in [0.2, 0.25) is 0 Å². The lowest BCUT2D eigenvalue weighted by molar-refractivity contribution is -0.128. The number of benzene rings is 3. The van der Waals surface area contributed by atoms with E-state index in [1.807, 2.05) is 54.6 Å². The van der Waals surface area contributed by atoms with Gasteiger partial charge >= 0.3 is 0 Å². The zero-order valence-corrected chi connectivity index (χ0v) is 17.1. The lowest BCUT2D eigenvalue weighted by Gasteiger charge is -2.12. The molecule has 2 N–H and O–H groups in total. The molecule has 0 aliphatic carbocycles. The second-order valence-electron chi connectivity index (χ2n) is 7.10. The second-order valence-corrected chi connectivity index (χ2v) is 7.10. The topological polar surface area (TPSA) is 85.2 Å². The third kappa shape index (κ3) is 5.28. The average Bonchev–Trinajstić information content (AvgIpc) is 3.16. The van der Waals surface area contributed by atoms with Crippen molar-refractivity contribution in [3.63, 3.8) is 0 Å². The van der Waals surface area contributed by atoms with Crippen molar-refractivity contribution < 1.29 is 18.7 Å². The highest BCUT2D eigenvalue weighted by molar-refractivity contribution is 5.84. The molecule has 0 saturated carbocycles. The van der Waals surface area contributed by atoms with Gasteiger partial charge in [-0.1, -0.05) is 42.5 Å². The summed E-state index contributed by atoms with van der Waals surface area (Å²) in [6.07, 6.45) is 0.0186. The van der Waals surface area contributed by atoms with E-state index in [2.05, 4.69) is 15.8 Å². The Bertz CT molecular complexity index is 1220. The number of nitrogens with one attached hydrogen (secondary N) is 2. The number of hydrogen-bond donors (Lipinski definition) is 2. The molecule has 0 aliphatic rings. The van der Waals surface area contributed by atoms with E-state index in [1.54, 1.807) is 4.57 Å². The fourth-order valence-corrected chi connectivity index (χ4v) is 3.23. The van der Waals surface area contributed by atoms with Crippen molar-refractivity contribution >= 4 is 22.8 Å². The summed E-state index contributed by atoms with van der Waals surface area (Å²) in [5.74, 6) is 0.0863. The Morgan fingerprint density at radius 1 is 0.875 bits per heavy atom. The zero-order chi connectivity index (χ0) is 22.3. The molecule has 0 saturated heterocycles. The molecule has 7 nitrogen and oxygen atoms in total. The largest absolute Gasteiger partial charge is 0.486 e. The quantitative estimate of drug-likeness (QED) is 0.440. The first kappa shape index (κ1) is 21.0. The van der Waals surface area contributed by atoms with Gasteiger partial charge in [-0.25, -0.2) is 9.37 Å². The van der Waals surface area contributed by atoms with Gasteiger partial charge in [0, 0.05) is 0 Å². The first-order chi connectivity index (χ1) is 15.6. The lowest BCUT2D eigenvalue weighted by Crippen LogP contribution is -2.44. The van der Waals surface area contributed by atoms with Crippen LogP contribution < -0.4 is 15.6 Å². The van der Waals surface area contributed by atoms with Crippen molar-refractivity contribution in [3.05, 3.63) is 96.1 Å². The molecule has 4 aromatic rings. The van der Waals surface area contributed by atoms with Crippen LogP contribution in [0.3, 0.4) is 0 Å². The number of nitrogens with zero attached hydrogens (tertiary/aromatic N) is 2. The number of imidazole rings is 1. The van der Waals surface area contributed by atoms with Crippen LogP contribution in [0.4, 0.5) is 4.39 Å². The molecule has 8 heteroatoms. The molecular formula is C24H21FN4O3. The van der Waals surface area contributed by atoms with Gasteiger partial charge in [0.25, 0.3) is 5.91 Å². The molecule has 0 unspecified atom stereocenters. The summed E-state index contributed by atoms with van der Waals surface area (Å²) >= 11 is 0. The van der Waals surface area contributed by atoms with Crippen LogP contribution in [0.5, 0.6) is 5.75 Å². The third-order valence-electron chi connectivity index (χ3n) is 4.77. The highest BCUT2D eigenvalue weighted by atomic mass is 19.1. The smallest absolute Gasteiger partial charge is 0.258 e. The summed E-state index contributed by atoms with van der Waals surface area (Å²) in [5.41, 5.74) is 6.97. The predicted molar refractivity (Wildman–Crippen MR) is 117 cm³/mol. The van der Waals surface area contributed by atoms with E-state index in [4.69, 9.17) is 4.74 Å². The van der Waals surface area contributed by atoms with Crippen molar-refractivity contribution in [2.45, 2.75) is 19.6 Å². The van der Waals surface area contributed by atoms with Gasteiger partial charge < -0.3 is 9.30 Å². The van der Waals surface area contributed by atoms with Crippen LogP contribution in [0.15, 0.2) is 78.9 Å². The van der Waals surface area contributed by atoms with Crippen molar-refractivity contribution in [2.24, 2.45) is 0 Å². The van der Waals surface area contributed by atoms with E-state index in [-0.39, 0.29) is 25.4 Å². The molecule has 0 atom stereocenters. The molecule has 32 heavy (non-hydrogen) atoms. The zero-order valence-electron chi connectivity index (χ0n) is 17.1. The van der Waals surface area contributed by atoms with Gasteiger partial charge in [0.15, 0.2) is 0 Å². The summed E-state index contributed by atoms with van der Waals surface area (Å²) in [4.78, 5) is 29.2. The Morgan fingerprint density at radius 2 is 1.56 bits per heavy atom. The van der Waals surface area contributed by atoms with Gasteiger partial charge in [-0.15, -0.1) is 0 Å². The maximum absolute atomic E-state index is 13.0. The number of fused-ring (bicyclic) bond motifs is 1. The molecule has 1 heterocycles. The Hall–Kier alpha value is -4.20. The van der Waals surface area contributed by atoms with Crippen LogP contribution in [-0.2, 0) is 29.2 Å². The first-order valence-electron chi connectivity index (χ1n) is 10.0. The van der Waals surface area contributed by atoms with Gasteiger partial charge in [-0.2, -0.15) is 0 Å². The number of ether oxygens (including phenoxy) is 1. The maximum atomic E-state index is 13.0. The first-order valence-corrected chi connectivity index (χ1v) is 10.0. The van der Waals surface area contributed by atoms with Crippen LogP contribution in [0, 0.1) is 5.82 Å². The highest BCUT2D eigenvalue weighted by Gasteiger charge is 2.15. The van der Waals surface area contributed by atoms with Gasteiger partial charge in [-0.3, -0.25) is 20.4 Å². The Morgan fingerprint density at radius 3 is 2.34 bits per heavy atom. The summed E-state index contributed by atoms with van der Waals surface area (Å²) in [7, 11) is 0. The number of rotatable bonds is 7. The molecule has 0 radical (unpaired) electrons. The SMILES string of the molecule is O=C(Cc1ccc(F)cc1)NNC(=O)Cn1c(COc2ccccc2)nc2ccccc21. The number of hydrogen-bond acceptors (Lipinski definition) is 4. The number of hydrazine groups is 1. The number of carbonyl (C=O) groups is 2. The Labute approximate surface area is 183 Å². The molecule has 2 amide bonds. The van der Waals surface area contributed by atoms with Crippen molar-refractivity contribution in [3.8, 4) is 5.75 Å². The van der Waals surface area contributed by atoms with Gasteiger partial charge in [0.05, 0.1) is 17.5 Å². The summed E-state index contributed by atoms with van der Waals surface area (Å²) in [6, 6.07) is 22.4.